The predicted octanol–water partition coefficient (Wildman–Crippen LogP) is 2.81. The summed E-state index contributed by atoms with van der Waals surface area (Å²) in [5.74, 6) is 0.652. The maximum absolute atomic E-state index is 11.7. The minimum absolute atomic E-state index is 0.0374. The van der Waals surface area contributed by atoms with Crippen LogP contribution in [0.3, 0.4) is 0 Å². The Morgan fingerprint density at radius 2 is 2.06 bits per heavy atom. The normalized spacial score (nSPS) is 11.1. The maximum atomic E-state index is 11.7. The Morgan fingerprint density at radius 1 is 1.41 bits per heavy atom. The monoisotopic (exact) mass is 255 g/mol. The zero-order valence-corrected chi connectivity index (χ0v) is 11.4. The van der Waals surface area contributed by atoms with Crippen molar-refractivity contribution in [3.05, 3.63) is 28.8 Å². The summed E-state index contributed by atoms with van der Waals surface area (Å²) in [5, 5.41) is 3.44. The zero-order valence-electron chi connectivity index (χ0n) is 10.6. The summed E-state index contributed by atoms with van der Waals surface area (Å²) < 4.78 is 5.05. The molecule has 0 unspecified atom stereocenters. The van der Waals surface area contributed by atoms with E-state index < -0.39 is 0 Å². The van der Waals surface area contributed by atoms with Gasteiger partial charge in [-0.1, -0.05) is 17.7 Å². The number of amides is 1. The van der Waals surface area contributed by atoms with Crippen molar-refractivity contribution in [1.29, 1.82) is 0 Å². The van der Waals surface area contributed by atoms with E-state index in [1.54, 1.807) is 19.2 Å². The first-order valence-electron chi connectivity index (χ1n) is 5.45. The van der Waals surface area contributed by atoms with E-state index in [1.165, 1.54) is 0 Å². The molecule has 17 heavy (non-hydrogen) atoms. The number of carbonyl (C=O) groups is 1. The first-order chi connectivity index (χ1) is 7.81. The molecule has 0 fully saturated rings. The maximum Gasteiger partial charge on any atom is 0.224 e. The summed E-state index contributed by atoms with van der Waals surface area (Å²) in [6.45, 7) is 5.83. The number of nitrogens with one attached hydrogen (secondary N) is 1. The topological polar surface area (TPSA) is 38.3 Å². The highest BCUT2D eigenvalue weighted by molar-refractivity contribution is 6.31. The average molecular weight is 256 g/mol. The molecular formula is C13H18ClNO2. The SMILES string of the molecule is COc1ccc(CC(=O)NC(C)(C)C)c(Cl)c1. The lowest BCUT2D eigenvalue weighted by Gasteiger charge is -2.20. The summed E-state index contributed by atoms with van der Waals surface area (Å²) in [4.78, 5) is 11.7. The number of benzene rings is 1. The molecule has 0 bridgehead atoms. The Balaban J connectivity index is 2.72. The summed E-state index contributed by atoms with van der Waals surface area (Å²) in [5.41, 5.74) is 0.574. The van der Waals surface area contributed by atoms with Crippen molar-refractivity contribution in [1.82, 2.24) is 5.32 Å². The largest absolute Gasteiger partial charge is 0.497 e. The lowest BCUT2D eigenvalue weighted by molar-refractivity contribution is -0.121. The molecule has 1 rings (SSSR count). The van der Waals surface area contributed by atoms with Crippen LogP contribution in [0.25, 0.3) is 0 Å². The van der Waals surface area contributed by atoms with Crippen molar-refractivity contribution < 1.29 is 9.53 Å². The molecule has 0 heterocycles. The molecule has 1 amide bonds. The highest BCUT2D eigenvalue weighted by Crippen LogP contribution is 2.22. The molecule has 0 aromatic heterocycles. The van der Waals surface area contributed by atoms with E-state index in [0.29, 0.717) is 10.8 Å². The lowest BCUT2D eigenvalue weighted by atomic mass is 10.1. The molecule has 0 aliphatic carbocycles. The van der Waals surface area contributed by atoms with E-state index in [9.17, 15) is 4.79 Å². The van der Waals surface area contributed by atoms with Crippen molar-refractivity contribution in [3.63, 3.8) is 0 Å². The Bertz CT molecular complexity index is 410. The van der Waals surface area contributed by atoms with E-state index >= 15 is 0 Å². The Kier molecular flexibility index (Phi) is 4.40. The number of halogens is 1. The molecule has 94 valence electrons. The van der Waals surface area contributed by atoms with Gasteiger partial charge in [-0.2, -0.15) is 0 Å². The van der Waals surface area contributed by atoms with E-state index in [0.717, 1.165) is 5.56 Å². The number of methoxy groups -OCH3 is 1. The fourth-order valence-corrected chi connectivity index (χ4v) is 1.67. The molecule has 0 saturated heterocycles. The van der Waals surface area contributed by atoms with Gasteiger partial charge in [-0.05, 0) is 38.5 Å². The van der Waals surface area contributed by atoms with E-state index in [-0.39, 0.29) is 17.9 Å². The first kappa shape index (κ1) is 13.8. The van der Waals surface area contributed by atoms with E-state index in [2.05, 4.69) is 5.32 Å². The van der Waals surface area contributed by atoms with Crippen LogP contribution >= 0.6 is 11.6 Å². The smallest absolute Gasteiger partial charge is 0.224 e. The molecule has 3 nitrogen and oxygen atoms in total. The molecule has 0 saturated carbocycles. The molecule has 1 aromatic rings. The van der Waals surface area contributed by atoms with Gasteiger partial charge in [0.05, 0.1) is 13.5 Å². The number of ether oxygens (including phenoxy) is 1. The Labute approximate surface area is 107 Å². The van der Waals surface area contributed by atoms with Crippen molar-refractivity contribution in [2.45, 2.75) is 32.7 Å². The molecule has 1 N–H and O–H groups in total. The first-order valence-corrected chi connectivity index (χ1v) is 5.83. The van der Waals surface area contributed by atoms with Crippen LogP contribution in [0.5, 0.6) is 5.75 Å². The third kappa shape index (κ3) is 4.65. The van der Waals surface area contributed by atoms with Gasteiger partial charge in [-0.25, -0.2) is 0 Å². The number of hydrogen-bond acceptors (Lipinski definition) is 2. The van der Waals surface area contributed by atoms with Gasteiger partial charge in [0.25, 0.3) is 0 Å². The van der Waals surface area contributed by atoms with Crippen LogP contribution in [-0.4, -0.2) is 18.6 Å². The van der Waals surface area contributed by atoms with Crippen LogP contribution in [0.1, 0.15) is 26.3 Å². The van der Waals surface area contributed by atoms with Gasteiger partial charge in [-0.3, -0.25) is 4.79 Å². The fourth-order valence-electron chi connectivity index (χ4n) is 1.43. The summed E-state index contributed by atoms with van der Waals surface area (Å²) in [6, 6.07) is 5.32. The number of rotatable bonds is 3. The van der Waals surface area contributed by atoms with Crippen LogP contribution in [0.4, 0.5) is 0 Å². The van der Waals surface area contributed by atoms with Crippen molar-refractivity contribution >= 4 is 17.5 Å². The highest BCUT2D eigenvalue weighted by atomic mass is 35.5. The van der Waals surface area contributed by atoms with Crippen LogP contribution in [0.15, 0.2) is 18.2 Å². The molecule has 0 aliphatic heterocycles. The van der Waals surface area contributed by atoms with Gasteiger partial charge < -0.3 is 10.1 Å². The zero-order chi connectivity index (χ0) is 13.1. The van der Waals surface area contributed by atoms with Crippen LogP contribution in [0, 0.1) is 0 Å². The van der Waals surface area contributed by atoms with Gasteiger partial charge in [0, 0.05) is 10.6 Å². The van der Waals surface area contributed by atoms with Gasteiger partial charge in [0.1, 0.15) is 5.75 Å². The minimum atomic E-state index is -0.226. The van der Waals surface area contributed by atoms with Crippen LogP contribution < -0.4 is 10.1 Å². The van der Waals surface area contributed by atoms with Crippen LogP contribution in [0.2, 0.25) is 5.02 Å². The fraction of sp³-hybridized carbons (Fsp3) is 0.462. The summed E-state index contributed by atoms with van der Waals surface area (Å²) in [7, 11) is 1.58. The third-order valence-corrected chi connectivity index (χ3v) is 2.48. The third-order valence-electron chi connectivity index (χ3n) is 2.13. The van der Waals surface area contributed by atoms with Gasteiger partial charge >= 0.3 is 0 Å². The van der Waals surface area contributed by atoms with Gasteiger partial charge in [0.2, 0.25) is 5.91 Å². The molecule has 0 radical (unpaired) electrons. The molecule has 0 aliphatic rings. The van der Waals surface area contributed by atoms with Gasteiger partial charge in [0.15, 0.2) is 0 Å². The minimum Gasteiger partial charge on any atom is -0.497 e. The average Bonchev–Trinajstić information content (AvgIpc) is 2.18. The summed E-state index contributed by atoms with van der Waals surface area (Å²) in [6.07, 6.45) is 0.278. The van der Waals surface area contributed by atoms with Crippen molar-refractivity contribution in [2.75, 3.05) is 7.11 Å². The molecule has 0 spiro atoms. The Morgan fingerprint density at radius 3 is 2.53 bits per heavy atom. The summed E-state index contributed by atoms with van der Waals surface area (Å²) >= 11 is 6.06. The van der Waals surface area contributed by atoms with Gasteiger partial charge in [-0.15, -0.1) is 0 Å². The number of carbonyl (C=O) groups excluding carboxylic acids is 1. The Hall–Kier alpha value is -1.22. The van der Waals surface area contributed by atoms with E-state index in [1.807, 2.05) is 26.8 Å². The molecule has 1 aromatic carbocycles. The van der Waals surface area contributed by atoms with Crippen molar-refractivity contribution in [3.8, 4) is 5.75 Å². The lowest BCUT2D eigenvalue weighted by Crippen LogP contribution is -2.41. The second kappa shape index (κ2) is 5.41. The molecule has 4 heteroatoms. The quantitative estimate of drug-likeness (QED) is 0.902. The standard InChI is InChI=1S/C13H18ClNO2/c1-13(2,3)15-12(16)7-9-5-6-10(17-4)8-11(9)14/h5-6,8H,7H2,1-4H3,(H,15,16). The predicted molar refractivity (Wildman–Crippen MR) is 69.6 cm³/mol. The molecule has 0 atom stereocenters. The molecular weight excluding hydrogens is 238 g/mol. The highest BCUT2D eigenvalue weighted by Gasteiger charge is 2.15. The van der Waals surface area contributed by atoms with E-state index in [4.69, 9.17) is 16.3 Å². The van der Waals surface area contributed by atoms with Crippen LogP contribution in [-0.2, 0) is 11.2 Å². The van der Waals surface area contributed by atoms with Crippen molar-refractivity contribution in [2.24, 2.45) is 0 Å². The second-order valence-electron chi connectivity index (χ2n) is 4.93. The second-order valence-corrected chi connectivity index (χ2v) is 5.34. The number of hydrogen-bond donors (Lipinski definition) is 1.